The van der Waals surface area contributed by atoms with Crippen LogP contribution in [0.4, 0.5) is 14.5 Å². The normalized spacial score (nSPS) is 11.5. The molecule has 0 saturated heterocycles. The Hall–Kier alpha value is -1.45. The van der Waals surface area contributed by atoms with Crippen LogP contribution >= 0.6 is 12.4 Å². The van der Waals surface area contributed by atoms with Gasteiger partial charge in [0.25, 0.3) is 11.8 Å². The van der Waals surface area contributed by atoms with Crippen molar-refractivity contribution >= 4 is 34.0 Å². The Morgan fingerprint density at radius 3 is 2.30 bits per heavy atom. The average molecular weight is 372 g/mol. The first kappa shape index (κ1) is 21.6. The molecule has 132 valence electrons. The van der Waals surface area contributed by atoms with E-state index in [0.717, 1.165) is 0 Å². The summed E-state index contributed by atoms with van der Waals surface area (Å²) in [5, 5.41) is 2.07. The summed E-state index contributed by atoms with van der Waals surface area (Å²) in [6, 6.07) is 5.48. The number of sulfonamides is 1. The predicted molar refractivity (Wildman–Crippen MR) is 87.7 cm³/mol. The van der Waals surface area contributed by atoms with Gasteiger partial charge < -0.3 is 11.1 Å². The standard InChI is InChI=1S/C13H19F2N3O3S.ClH/c1-2-7-22(20,21)18-11-5-3-10(4-6-11)12(19)17-9-13(14,15)8-16;/h3-6,18H,2,7-9,16H2,1H3,(H,17,19);1H. The number of amides is 1. The fraction of sp³-hybridized carbons (Fsp3) is 0.462. The lowest BCUT2D eigenvalue weighted by Crippen LogP contribution is -2.41. The van der Waals surface area contributed by atoms with Crippen LogP contribution in [0.1, 0.15) is 23.7 Å². The number of alkyl halides is 2. The van der Waals surface area contributed by atoms with Crippen LogP contribution in [0.3, 0.4) is 0 Å². The summed E-state index contributed by atoms with van der Waals surface area (Å²) < 4.78 is 51.4. The number of hydrogen-bond acceptors (Lipinski definition) is 4. The van der Waals surface area contributed by atoms with E-state index >= 15 is 0 Å². The molecule has 0 spiro atoms. The lowest BCUT2D eigenvalue weighted by atomic mass is 10.2. The Kier molecular flexibility index (Phi) is 8.43. The van der Waals surface area contributed by atoms with E-state index < -0.39 is 34.9 Å². The SMILES string of the molecule is CCCS(=O)(=O)Nc1ccc(C(=O)NCC(F)(F)CN)cc1.Cl. The maximum Gasteiger partial charge on any atom is 0.277 e. The molecule has 0 heterocycles. The van der Waals surface area contributed by atoms with E-state index in [0.29, 0.717) is 12.1 Å². The molecule has 1 amide bonds. The molecule has 10 heteroatoms. The van der Waals surface area contributed by atoms with Crippen LogP contribution in [0.2, 0.25) is 0 Å². The second-order valence-electron chi connectivity index (χ2n) is 4.74. The Bertz CT molecular complexity index is 609. The topological polar surface area (TPSA) is 101 Å². The number of benzene rings is 1. The van der Waals surface area contributed by atoms with Gasteiger partial charge in [0.05, 0.1) is 18.8 Å². The molecule has 6 nitrogen and oxygen atoms in total. The van der Waals surface area contributed by atoms with Crippen LogP contribution in [0.15, 0.2) is 24.3 Å². The highest BCUT2D eigenvalue weighted by Gasteiger charge is 2.27. The predicted octanol–water partition coefficient (Wildman–Crippen LogP) is 1.58. The Balaban J connectivity index is 0.00000484. The molecule has 0 radical (unpaired) electrons. The van der Waals surface area contributed by atoms with Crippen molar-refractivity contribution in [3.05, 3.63) is 29.8 Å². The first-order chi connectivity index (χ1) is 10.2. The van der Waals surface area contributed by atoms with E-state index in [2.05, 4.69) is 10.0 Å². The van der Waals surface area contributed by atoms with Crippen molar-refractivity contribution in [1.29, 1.82) is 0 Å². The third-order valence-corrected chi connectivity index (χ3v) is 4.19. The molecule has 0 aliphatic carbocycles. The minimum absolute atomic E-state index is 0. The minimum atomic E-state index is -3.41. The van der Waals surface area contributed by atoms with Crippen LogP contribution in [0.5, 0.6) is 0 Å². The van der Waals surface area contributed by atoms with Gasteiger partial charge in [0.1, 0.15) is 0 Å². The van der Waals surface area contributed by atoms with Gasteiger partial charge in [0.2, 0.25) is 10.0 Å². The summed E-state index contributed by atoms with van der Waals surface area (Å²) in [7, 11) is -3.41. The first-order valence-electron chi connectivity index (χ1n) is 6.66. The van der Waals surface area contributed by atoms with Gasteiger partial charge in [-0.3, -0.25) is 9.52 Å². The van der Waals surface area contributed by atoms with Gasteiger partial charge in [-0.2, -0.15) is 0 Å². The zero-order valence-corrected chi connectivity index (χ0v) is 14.1. The number of rotatable bonds is 8. The summed E-state index contributed by atoms with van der Waals surface area (Å²) in [4.78, 5) is 11.7. The average Bonchev–Trinajstić information content (AvgIpc) is 2.45. The van der Waals surface area contributed by atoms with Gasteiger partial charge in [-0.25, -0.2) is 17.2 Å². The van der Waals surface area contributed by atoms with Crippen LogP contribution in [-0.2, 0) is 10.0 Å². The van der Waals surface area contributed by atoms with Gasteiger partial charge >= 0.3 is 0 Å². The molecule has 1 rings (SSSR count). The lowest BCUT2D eigenvalue weighted by molar-refractivity contribution is 0.0118. The lowest BCUT2D eigenvalue weighted by Gasteiger charge is -2.14. The molecule has 4 N–H and O–H groups in total. The molecule has 0 fully saturated rings. The molecule has 0 aliphatic heterocycles. The molecular weight excluding hydrogens is 352 g/mol. The monoisotopic (exact) mass is 371 g/mol. The third-order valence-electron chi connectivity index (χ3n) is 2.70. The van der Waals surface area contributed by atoms with Crippen molar-refractivity contribution in [2.45, 2.75) is 19.3 Å². The van der Waals surface area contributed by atoms with Crippen LogP contribution in [-0.4, -0.2) is 39.1 Å². The highest BCUT2D eigenvalue weighted by atomic mass is 35.5. The summed E-state index contributed by atoms with van der Waals surface area (Å²) in [5.41, 5.74) is 5.32. The van der Waals surface area contributed by atoms with Crippen molar-refractivity contribution in [3.8, 4) is 0 Å². The number of halogens is 3. The van der Waals surface area contributed by atoms with Crippen LogP contribution in [0.25, 0.3) is 0 Å². The van der Waals surface area contributed by atoms with Crippen molar-refractivity contribution < 1.29 is 22.0 Å². The van der Waals surface area contributed by atoms with Crippen molar-refractivity contribution in [3.63, 3.8) is 0 Å². The van der Waals surface area contributed by atoms with Gasteiger partial charge in [0, 0.05) is 11.3 Å². The second-order valence-corrected chi connectivity index (χ2v) is 6.58. The number of nitrogens with one attached hydrogen (secondary N) is 2. The van der Waals surface area contributed by atoms with E-state index in [4.69, 9.17) is 5.73 Å². The van der Waals surface area contributed by atoms with Gasteiger partial charge in [-0.15, -0.1) is 12.4 Å². The maximum absolute atomic E-state index is 12.9. The minimum Gasteiger partial charge on any atom is -0.346 e. The molecule has 0 unspecified atom stereocenters. The van der Waals surface area contributed by atoms with E-state index in [1.807, 2.05) is 0 Å². The highest BCUT2D eigenvalue weighted by molar-refractivity contribution is 7.92. The van der Waals surface area contributed by atoms with E-state index in [1.54, 1.807) is 6.92 Å². The van der Waals surface area contributed by atoms with E-state index in [1.165, 1.54) is 24.3 Å². The largest absolute Gasteiger partial charge is 0.346 e. The second kappa shape index (κ2) is 8.99. The van der Waals surface area contributed by atoms with Crippen molar-refractivity contribution in [1.82, 2.24) is 5.32 Å². The maximum atomic E-state index is 12.9. The summed E-state index contributed by atoms with van der Waals surface area (Å²) in [5.74, 6) is -3.86. The molecule has 0 saturated carbocycles. The number of carbonyl (C=O) groups is 1. The van der Waals surface area contributed by atoms with Crippen LogP contribution in [0, 0.1) is 0 Å². The summed E-state index contributed by atoms with van der Waals surface area (Å²) in [6.07, 6.45) is 0.477. The molecule has 0 bridgehead atoms. The van der Waals surface area contributed by atoms with Crippen LogP contribution < -0.4 is 15.8 Å². The molecule has 0 atom stereocenters. The van der Waals surface area contributed by atoms with Crippen molar-refractivity contribution in [2.24, 2.45) is 5.73 Å². The smallest absolute Gasteiger partial charge is 0.277 e. The first-order valence-corrected chi connectivity index (χ1v) is 8.31. The molecule has 0 aliphatic rings. The van der Waals surface area contributed by atoms with Gasteiger partial charge in [-0.1, -0.05) is 6.92 Å². The molecule has 23 heavy (non-hydrogen) atoms. The Morgan fingerprint density at radius 1 is 1.26 bits per heavy atom. The molecule has 1 aromatic carbocycles. The molecule has 0 aromatic heterocycles. The fourth-order valence-electron chi connectivity index (χ4n) is 1.57. The number of carbonyl (C=O) groups excluding carboxylic acids is 1. The van der Waals surface area contributed by atoms with E-state index in [9.17, 15) is 22.0 Å². The Morgan fingerprint density at radius 2 is 1.83 bits per heavy atom. The molecular formula is C13H20ClF2N3O3S. The zero-order valence-electron chi connectivity index (χ0n) is 12.5. The quantitative estimate of drug-likeness (QED) is 0.645. The summed E-state index contributed by atoms with van der Waals surface area (Å²) >= 11 is 0. The van der Waals surface area contributed by atoms with E-state index in [-0.39, 0.29) is 23.7 Å². The zero-order chi connectivity index (χ0) is 16.8. The van der Waals surface area contributed by atoms with Gasteiger partial charge in [-0.05, 0) is 30.7 Å². The Labute approximate surface area is 140 Å². The number of nitrogens with two attached hydrogens (primary N) is 1. The third kappa shape index (κ3) is 7.58. The van der Waals surface area contributed by atoms with Crippen molar-refractivity contribution in [2.75, 3.05) is 23.6 Å². The number of hydrogen-bond donors (Lipinski definition) is 3. The summed E-state index contributed by atoms with van der Waals surface area (Å²) in [6.45, 7) is 0.0302. The highest BCUT2D eigenvalue weighted by Crippen LogP contribution is 2.13. The fourth-order valence-corrected chi connectivity index (χ4v) is 2.71. The van der Waals surface area contributed by atoms with Gasteiger partial charge in [0.15, 0.2) is 0 Å². The molecule has 1 aromatic rings. The number of anilines is 1.